The van der Waals surface area contributed by atoms with E-state index < -0.39 is 0 Å². The van der Waals surface area contributed by atoms with Crippen LogP contribution in [0.15, 0.2) is 54.6 Å². The lowest BCUT2D eigenvalue weighted by Crippen LogP contribution is -2.28. The second kappa shape index (κ2) is 8.82. The number of aryl methyl sites for hydroxylation is 2. The molecule has 1 amide bonds. The molecular formula is C25H28FN3O. The van der Waals surface area contributed by atoms with E-state index in [-0.39, 0.29) is 11.7 Å². The summed E-state index contributed by atoms with van der Waals surface area (Å²) in [5.74, 6) is 0.298. The van der Waals surface area contributed by atoms with Crippen molar-refractivity contribution in [2.24, 2.45) is 13.0 Å². The SMILES string of the molecule is CN(Cc1ccccc1)C(=O)c1nn(C)c2c1CC(CCc1ccc(F)cc1)CC2. The van der Waals surface area contributed by atoms with Gasteiger partial charge in [0.15, 0.2) is 5.69 Å². The molecule has 5 heteroatoms. The van der Waals surface area contributed by atoms with Gasteiger partial charge in [0.1, 0.15) is 5.82 Å². The van der Waals surface area contributed by atoms with E-state index in [0.29, 0.717) is 18.2 Å². The highest BCUT2D eigenvalue weighted by atomic mass is 19.1. The highest BCUT2D eigenvalue weighted by molar-refractivity contribution is 5.94. The molecule has 30 heavy (non-hydrogen) atoms. The van der Waals surface area contributed by atoms with Crippen LogP contribution in [0.4, 0.5) is 4.39 Å². The first kappa shape index (κ1) is 20.3. The van der Waals surface area contributed by atoms with Crippen LogP contribution in [0.1, 0.15) is 45.7 Å². The van der Waals surface area contributed by atoms with Gasteiger partial charge >= 0.3 is 0 Å². The molecule has 1 atom stereocenters. The Kier molecular flexibility index (Phi) is 5.98. The highest BCUT2D eigenvalue weighted by Gasteiger charge is 2.29. The Morgan fingerprint density at radius 2 is 1.87 bits per heavy atom. The maximum absolute atomic E-state index is 13.2. The van der Waals surface area contributed by atoms with Gasteiger partial charge < -0.3 is 4.90 Å². The summed E-state index contributed by atoms with van der Waals surface area (Å²) in [5, 5.41) is 4.60. The summed E-state index contributed by atoms with van der Waals surface area (Å²) in [6, 6.07) is 16.8. The Morgan fingerprint density at radius 1 is 1.13 bits per heavy atom. The number of aromatic nitrogens is 2. The molecule has 1 unspecified atom stereocenters. The molecule has 4 rings (SSSR count). The maximum atomic E-state index is 13.2. The highest BCUT2D eigenvalue weighted by Crippen LogP contribution is 2.31. The molecule has 0 spiro atoms. The van der Waals surface area contributed by atoms with Crippen molar-refractivity contribution < 1.29 is 9.18 Å². The number of carbonyl (C=O) groups excluding carboxylic acids is 1. The van der Waals surface area contributed by atoms with Gasteiger partial charge in [-0.25, -0.2) is 4.39 Å². The monoisotopic (exact) mass is 405 g/mol. The predicted octanol–water partition coefficient (Wildman–Crippen LogP) is 4.57. The van der Waals surface area contributed by atoms with Gasteiger partial charge in [-0.3, -0.25) is 9.48 Å². The molecule has 3 aromatic rings. The molecule has 1 aliphatic carbocycles. The maximum Gasteiger partial charge on any atom is 0.274 e. The van der Waals surface area contributed by atoms with Gasteiger partial charge in [-0.05, 0) is 61.3 Å². The fourth-order valence-electron chi connectivity index (χ4n) is 4.41. The molecule has 0 saturated heterocycles. The number of fused-ring (bicyclic) bond motifs is 1. The first-order valence-electron chi connectivity index (χ1n) is 10.6. The minimum absolute atomic E-state index is 0.0186. The smallest absolute Gasteiger partial charge is 0.274 e. The second-order valence-electron chi connectivity index (χ2n) is 8.32. The van der Waals surface area contributed by atoms with Gasteiger partial charge in [-0.1, -0.05) is 42.5 Å². The number of benzene rings is 2. The van der Waals surface area contributed by atoms with E-state index in [4.69, 9.17) is 0 Å². The van der Waals surface area contributed by atoms with E-state index >= 15 is 0 Å². The molecule has 2 aromatic carbocycles. The number of carbonyl (C=O) groups is 1. The van der Waals surface area contributed by atoms with Crippen molar-refractivity contribution in [3.8, 4) is 0 Å². The Hall–Kier alpha value is -2.95. The number of hydrogen-bond donors (Lipinski definition) is 0. The minimum atomic E-state index is -0.195. The lowest BCUT2D eigenvalue weighted by atomic mass is 9.83. The van der Waals surface area contributed by atoms with Crippen molar-refractivity contribution in [3.05, 3.63) is 88.5 Å². The molecule has 0 saturated carbocycles. The fraction of sp³-hybridized carbons (Fsp3) is 0.360. The lowest BCUT2D eigenvalue weighted by molar-refractivity contribution is 0.0777. The second-order valence-corrected chi connectivity index (χ2v) is 8.32. The first-order chi connectivity index (χ1) is 14.5. The topological polar surface area (TPSA) is 38.1 Å². The van der Waals surface area contributed by atoms with E-state index in [1.54, 1.807) is 4.90 Å². The van der Waals surface area contributed by atoms with Crippen LogP contribution < -0.4 is 0 Å². The summed E-state index contributed by atoms with van der Waals surface area (Å²) in [7, 11) is 3.77. The summed E-state index contributed by atoms with van der Waals surface area (Å²) in [6.45, 7) is 0.568. The molecule has 1 aromatic heterocycles. The standard InChI is InChI=1S/C25H28FN3O/c1-28(17-20-6-4-3-5-7-20)25(30)24-22-16-19(12-15-23(22)29(2)27-24)9-8-18-10-13-21(26)14-11-18/h3-7,10-11,13-14,19H,8-9,12,15-17H2,1-2H3. The first-order valence-corrected chi connectivity index (χ1v) is 10.6. The van der Waals surface area contributed by atoms with Crippen LogP contribution >= 0.6 is 0 Å². The molecule has 4 nitrogen and oxygen atoms in total. The third-order valence-electron chi connectivity index (χ3n) is 6.12. The zero-order valence-electron chi connectivity index (χ0n) is 17.6. The third-order valence-corrected chi connectivity index (χ3v) is 6.12. The van der Waals surface area contributed by atoms with Crippen molar-refractivity contribution in [1.29, 1.82) is 0 Å². The Bertz CT molecular complexity index is 1010. The van der Waals surface area contributed by atoms with Gasteiger partial charge in [0, 0.05) is 31.9 Å². The summed E-state index contributed by atoms with van der Waals surface area (Å²) in [6.07, 6.45) is 4.89. The molecule has 0 radical (unpaired) electrons. The number of rotatable bonds is 6. The van der Waals surface area contributed by atoms with Crippen LogP contribution in [0.2, 0.25) is 0 Å². The summed E-state index contributed by atoms with van der Waals surface area (Å²) in [4.78, 5) is 14.9. The van der Waals surface area contributed by atoms with Crippen LogP contribution in [0.25, 0.3) is 0 Å². The summed E-state index contributed by atoms with van der Waals surface area (Å²) < 4.78 is 15.0. The number of halogens is 1. The lowest BCUT2D eigenvalue weighted by Gasteiger charge is -2.24. The van der Waals surface area contributed by atoms with Crippen molar-refractivity contribution in [3.63, 3.8) is 0 Å². The number of hydrogen-bond acceptors (Lipinski definition) is 2. The van der Waals surface area contributed by atoms with Crippen LogP contribution in [0.3, 0.4) is 0 Å². The Morgan fingerprint density at radius 3 is 2.60 bits per heavy atom. The Balaban J connectivity index is 1.45. The van der Waals surface area contributed by atoms with Crippen LogP contribution in [0, 0.1) is 11.7 Å². The average Bonchev–Trinajstić information content (AvgIpc) is 3.09. The minimum Gasteiger partial charge on any atom is -0.336 e. The van der Waals surface area contributed by atoms with Gasteiger partial charge in [0.05, 0.1) is 0 Å². The van der Waals surface area contributed by atoms with Crippen molar-refractivity contribution in [1.82, 2.24) is 14.7 Å². The molecule has 0 N–H and O–H groups in total. The van der Waals surface area contributed by atoms with Gasteiger partial charge in [0.25, 0.3) is 5.91 Å². The average molecular weight is 406 g/mol. The van der Waals surface area contributed by atoms with Gasteiger partial charge in [-0.2, -0.15) is 5.10 Å². The van der Waals surface area contributed by atoms with Gasteiger partial charge in [-0.15, -0.1) is 0 Å². The molecule has 0 bridgehead atoms. The van der Waals surface area contributed by atoms with E-state index in [0.717, 1.165) is 48.8 Å². The molecular weight excluding hydrogens is 377 g/mol. The zero-order valence-corrected chi connectivity index (χ0v) is 17.6. The summed E-state index contributed by atoms with van der Waals surface area (Å²) >= 11 is 0. The van der Waals surface area contributed by atoms with Crippen molar-refractivity contribution in [2.45, 2.75) is 38.6 Å². The van der Waals surface area contributed by atoms with E-state index in [1.165, 1.54) is 17.8 Å². The molecule has 0 fully saturated rings. The largest absolute Gasteiger partial charge is 0.336 e. The fourth-order valence-corrected chi connectivity index (χ4v) is 4.41. The molecule has 1 heterocycles. The van der Waals surface area contributed by atoms with Gasteiger partial charge in [0.2, 0.25) is 0 Å². The quantitative estimate of drug-likeness (QED) is 0.603. The number of amides is 1. The van der Waals surface area contributed by atoms with E-state index in [9.17, 15) is 9.18 Å². The van der Waals surface area contributed by atoms with E-state index in [1.807, 2.05) is 61.2 Å². The van der Waals surface area contributed by atoms with Crippen molar-refractivity contribution in [2.75, 3.05) is 7.05 Å². The zero-order chi connectivity index (χ0) is 21.1. The normalized spacial score (nSPS) is 15.6. The van der Waals surface area contributed by atoms with Crippen LogP contribution in [0.5, 0.6) is 0 Å². The molecule has 1 aliphatic rings. The summed E-state index contributed by atoms with van der Waals surface area (Å²) in [5.41, 5.74) is 5.15. The van der Waals surface area contributed by atoms with Crippen LogP contribution in [-0.4, -0.2) is 27.6 Å². The molecule has 156 valence electrons. The Labute approximate surface area is 177 Å². The predicted molar refractivity (Wildman–Crippen MR) is 116 cm³/mol. The van der Waals surface area contributed by atoms with Crippen molar-refractivity contribution >= 4 is 5.91 Å². The van der Waals surface area contributed by atoms with E-state index in [2.05, 4.69) is 5.10 Å². The number of nitrogens with zero attached hydrogens (tertiary/aromatic N) is 3. The van der Waals surface area contributed by atoms with Crippen LogP contribution in [-0.2, 0) is 32.9 Å². The molecule has 0 aliphatic heterocycles. The third kappa shape index (κ3) is 4.45.